The van der Waals surface area contributed by atoms with Crippen molar-refractivity contribution in [3.05, 3.63) is 12.1 Å². The van der Waals surface area contributed by atoms with Gasteiger partial charge in [-0.15, -0.1) is 10.2 Å². The summed E-state index contributed by atoms with van der Waals surface area (Å²) < 4.78 is 7.41. The van der Waals surface area contributed by atoms with Gasteiger partial charge in [0.2, 0.25) is 5.82 Å². The Bertz CT molecular complexity index is 688. The first kappa shape index (κ1) is 15.2. The molecule has 0 radical (unpaired) electrons. The van der Waals surface area contributed by atoms with Crippen LogP contribution in [0.15, 0.2) is 16.0 Å². The molecule has 124 valence electrons. The summed E-state index contributed by atoms with van der Waals surface area (Å²) in [7, 11) is 1.99. The molecule has 1 spiro atoms. The van der Waals surface area contributed by atoms with Crippen LogP contribution in [0.25, 0.3) is 11.6 Å². The molecule has 4 rings (SSSR count). The van der Waals surface area contributed by atoms with Gasteiger partial charge in [-0.1, -0.05) is 11.8 Å². The number of hydrogen-bond donors (Lipinski definition) is 1. The smallest absolute Gasteiger partial charge is 0.202 e. The standard InChI is InChI=1S/C16H23N5OS/c1-11-13(22-10-18-11)14-19-20-15(21(14)2)23-7-3-4-12-8-16(12)5-6-17-9-16/h10,12,17H,3-9H2,1-2H3. The Labute approximate surface area is 140 Å². The van der Waals surface area contributed by atoms with E-state index in [-0.39, 0.29) is 0 Å². The second-order valence-corrected chi connectivity index (χ2v) is 7.88. The lowest BCUT2D eigenvalue weighted by Gasteiger charge is -2.07. The average molecular weight is 333 g/mol. The lowest BCUT2D eigenvalue weighted by atomic mass is 10.0. The summed E-state index contributed by atoms with van der Waals surface area (Å²) in [6, 6.07) is 0. The van der Waals surface area contributed by atoms with E-state index in [0.717, 1.165) is 28.3 Å². The minimum absolute atomic E-state index is 0.673. The Morgan fingerprint density at radius 3 is 3.13 bits per heavy atom. The van der Waals surface area contributed by atoms with E-state index in [2.05, 4.69) is 20.5 Å². The zero-order valence-corrected chi connectivity index (χ0v) is 14.5. The molecule has 2 aromatic rings. The van der Waals surface area contributed by atoms with E-state index in [1.807, 2.05) is 18.5 Å². The fraction of sp³-hybridized carbons (Fsp3) is 0.688. The molecule has 7 heteroatoms. The third-order valence-electron chi connectivity index (χ3n) is 5.35. The summed E-state index contributed by atoms with van der Waals surface area (Å²) >= 11 is 1.78. The highest BCUT2D eigenvalue weighted by Crippen LogP contribution is 2.58. The maximum atomic E-state index is 5.41. The third-order valence-corrected chi connectivity index (χ3v) is 6.45. The summed E-state index contributed by atoms with van der Waals surface area (Å²) in [6.07, 6.45) is 6.87. The number of aromatic nitrogens is 4. The second-order valence-electron chi connectivity index (χ2n) is 6.81. The van der Waals surface area contributed by atoms with Gasteiger partial charge in [-0.25, -0.2) is 4.98 Å². The van der Waals surface area contributed by atoms with Crippen LogP contribution in [0.1, 0.15) is 31.4 Å². The monoisotopic (exact) mass is 333 g/mol. The number of oxazole rings is 1. The first-order chi connectivity index (χ1) is 11.2. The molecule has 2 aromatic heterocycles. The quantitative estimate of drug-likeness (QED) is 0.647. The number of aryl methyl sites for hydroxylation is 1. The molecule has 6 nitrogen and oxygen atoms in total. The maximum Gasteiger partial charge on any atom is 0.202 e. The van der Waals surface area contributed by atoms with Gasteiger partial charge in [-0.3, -0.25) is 0 Å². The molecular weight excluding hydrogens is 310 g/mol. The largest absolute Gasteiger partial charge is 0.440 e. The fourth-order valence-corrected chi connectivity index (χ4v) is 4.65. The molecular formula is C16H23N5OS. The lowest BCUT2D eigenvalue weighted by Crippen LogP contribution is -2.11. The Kier molecular flexibility index (Phi) is 3.93. The molecule has 2 atom stereocenters. The Morgan fingerprint density at radius 1 is 1.48 bits per heavy atom. The zero-order chi connectivity index (χ0) is 15.9. The van der Waals surface area contributed by atoms with Gasteiger partial charge in [0.1, 0.15) is 0 Å². The Balaban J connectivity index is 1.29. The molecule has 1 saturated carbocycles. The predicted molar refractivity (Wildman–Crippen MR) is 89.2 cm³/mol. The van der Waals surface area contributed by atoms with Crippen LogP contribution < -0.4 is 5.32 Å². The molecule has 2 fully saturated rings. The SMILES string of the molecule is Cc1ncoc1-c1nnc(SCCCC2CC23CCNC3)n1C. The second kappa shape index (κ2) is 5.94. The Morgan fingerprint density at radius 2 is 2.39 bits per heavy atom. The van der Waals surface area contributed by atoms with E-state index < -0.39 is 0 Å². The van der Waals surface area contributed by atoms with Crippen LogP contribution in [0, 0.1) is 18.3 Å². The molecule has 0 bridgehead atoms. The van der Waals surface area contributed by atoms with Crippen molar-refractivity contribution in [1.82, 2.24) is 25.1 Å². The van der Waals surface area contributed by atoms with Crippen LogP contribution in [-0.4, -0.2) is 38.6 Å². The molecule has 3 heterocycles. The molecule has 0 aromatic carbocycles. The molecule has 1 saturated heterocycles. The van der Waals surface area contributed by atoms with E-state index in [4.69, 9.17) is 4.42 Å². The third kappa shape index (κ3) is 2.80. The van der Waals surface area contributed by atoms with E-state index in [0.29, 0.717) is 11.2 Å². The maximum absolute atomic E-state index is 5.41. The minimum Gasteiger partial charge on any atom is -0.440 e. The summed E-state index contributed by atoms with van der Waals surface area (Å²) in [5, 5.41) is 13.0. The van der Waals surface area contributed by atoms with Crippen LogP contribution in [0.4, 0.5) is 0 Å². The van der Waals surface area contributed by atoms with Crippen molar-refractivity contribution in [3.8, 4) is 11.6 Å². The molecule has 0 amide bonds. The van der Waals surface area contributed by atoms with Crippen molar-refractivity contribution >= 4 is 11.8 Å². The summed E-state index contributed by atoms with van der Waals surface area (Å²) in [6.45, 7) is 4.38. The highest BCUT2D eigenvalue weighted by Gasteiger charge is 2.54. The minimum atomic E-state index is 0.673. The van der Waals surface area contributed by atoms with E-state index in [1.54, 1.807) is 11.8 Å². The van der Waals surface area contributed by atoms with Gasteiger partial charge in [0, 0.05) is 19.3 Å². The van der Waals surface area contributed by atoms with Gasteiger partial charge in [0.05, 0.1) is 5.69 Å². The van der Waals surface area contributed by atoms with E-state index >= 15 is 0 Å². The molecule has 2 aliphatic rings. The van der Waals surface area contributed by atoms with Gasteiger partial charge in [-0.05, 0) is 50.5 Å². The van der Waals surface area contributed by atoms with Crippen LogP contribution >= 0.6 is 11.8 Å². The van der Waals surface area contributed by atoms with Crippen LogP contribution in [-0.2, 0) is 7.05 Å². The summed E-state index contributed by atoms with van der Waals surface area (Å²) in [5.41, 5.74) is 1.52. The van der Waals surface area contributed by atoms with Gasteiger partial charge in [0.15, 0.2) is 17.3 Å². The first-order valence-electron chi connectivity index (χ1n) is 8.33. The van der Waals surface area contributed by atoms with Crippen molar-refractivity contribution in [3.63, 3.8) is 0 Å². The molecule has 1 aliphatic carbocycles. The summed E-state index contributed by atoms with van der Waals surface area (Å²) in [4.78, 5) is 4.12. The van der Waals surface area contributed by atoms with Gasteiger partial charge in [-0.2, -0.15) is 0 Å². The van der Waals surface area contributed by atoms with Crippen LogP contribution in [0.2, 0.25) is 0 Å². The predicted octanol–water partition coefficient (Wildman–Crippen LogP) is 2.65. The van der Waals surface area contributed by atoms with Gasteiger partial charge >= 0.3 is 0 Å². The highest BCUT2D eigenvalue weighted by molar-refractivity contribution is 7.99. The Hall–Kier alpha value is -1.34. The first-order valence-corrected chi connectivity index (χ1v) is 9.31. The topological polar surface area (TPSA) is 68.8 Å². The van der Waals surface area contributed by atoms with Crippen molar-refractivity contribution in [2.75, 3.05) is 18.8 Å². The number of thioether (sulfide) groups is 1. The number of rotatable bonds is 6. The molecule has 1 aliphatic heterocycles. The number of nitrogens with one attached hydrogen (secondary N) is 1. The summed E-state index contributed by atoms with van der Waals surface area (Å²) in [5.74, 6) is 3.51. The molecule has 2 unspecified atom stereocenters. The zero-order valence-electron chi connectivity index (χ0n) is 13.7. The van der Waals surface area contributed by atoms with E-state index in [9.17, 15) is 0 Å². The fourth-order valence-electron chi connectivity index (χ4n) is 3.77. The van der Waals surface area contributed by atoms with Crippen LogP contribution in [0.3, 0.4) is 0 Å². The van der Waals surface area contributed by atoms with Crippen molar-refractivity contribution in [2.45, 2.75) is 37.8 Å². The van der Waals surface area contributed by atoms with E-state index in [1.165, 1.54) is 45.2 Å². The number of nitrogens with zero attached hydrogens (tertiary/aromatic N) is 4. The van der Waals surface area contributed by atoms with Gasteiger partial charge in [0.25, 0.3) is 0 Å². The molecule has 23 heavy (non-hydrogen) atoms. The van der Waals surface area contributed by atoms with Gasteiger partial charge < -0.3 is 14.3 Å². The van der Waals surface area contributed by atoms with Crippen LogP contribution in [0.5, 0.6) is 0 Å². The lowest BCUT2D eigenvalue weighted by molar-refractivity contribution is 0.481. The average Bonchev–Trinajstić information content (AvgIpc) is 2.93. The number of hydrogen-bond acceptors (Lipinski definition) is 6. The van der Waals surface area contributed by atoms with Crippen molar-refractivity contribution in [1.29, 1.82) is 0 Å². The van der Waals surface area contributed by atoms with Crippen molar-refractivity contribution in [2.24, 2.45) is 18.4 Å². The molecule has 1 N–H and O–H groups in total. The highest BCUT2D eigenvalue weighted by atomic mass is 32.2. The normalized spacial score (nSPS) is 26.3. The van der Waals surface area contributed by atoms with Crippen molar-refractivity contribution < 1.29 is 4.42 Å².